The van der Waals surface area contributed by atoms with Crippen molar-refractivity contribution in [1.29, 1.82) is 0 Å². The molecule has 104 valence electrons. The van der Waals surface area contributed by atoms with Crippen molar-refractivity contribution in [2.75, 3.05) is 24.6 Å². The zero-order valence-corrected chi connectivity index (χ0v) is 11.5. The van der Waals surface area contributed by atoms with Crippen LogP contribution >= 0.6 is 0 Å². The van der Waals surface area contributed by atoms with E-state index in [4.69, 9.17) is 9.84 Å². The summed E-state index contributed by atoms with van der Waals surface area (Å²) in [5, 5.41) is 9.16. The molecular weight excluding hydrogens is 246 g/mol. The molecule has 0 aliphatic carbocycles. The van der Waals surface area contributed by atoms with Crippen LogP contribution in [0.2, 0.25) is 0 Å². The summed E-state index contributed by atoms with van der Waals surface area (Å²) in [6.45, 7) is 7.38. The van der Waals surface area contributed by atoms with Gasteiger partial charge in [-0.3, -0.25) is 4.79 Å². The predicted molar refractivity (Wildman–Crippen MR) is 70.4 cm³/mol. The van der Waals surface area contributed by atoms with E-state index in [1.165, 1.54) is 0 Å². The minimum absolute atomic E-state index is 0.114. The van der Waals surface area contributed by atoms with Crippen molar-refractivity contribution in [3.05, 3.63) is 11.9 Å². The minimum Gasteiger partial charge on any atom is -0.481 e. The maximum absolute atomic E-state index is 11.1. The molecule has 0 saturated carbocycles. The van der Waals surface area contributed by atoms with E-state index in [1.54, 1.807) is 13.0 Å². The first kappa shape index (κ1) is 13.6. The third kappa shape index (κ3) is 2.94. The van der Waals surface area contributed by atoms with Crippen molar-refractivity contribution in [1.82, 2.24) is 9.97 Å². The Morgan fingerprint density at radius 3 is 2.84 bits per heavy atom. The molecule has 1 aromatic heterocycles. The average molecular weight is 265 g/mol. The van der Waals surface area contributed by atoms with E-state index in [-0.39, 0.29) is 11.8 Å². The largest absolute Gasteiger partial charge is 0.481 e. The van der Waals surface area contributed by atoms with Crippen LogP contribution in [0.3, 0.4) is 0 Å². The van der Waals surface area contributed by atoms with Gasteiger partial charge in [0.1, 0.15) is 11.6 Å². The molecule has 1 N–H and O–H groups in total. The number of carbonyl (C=O) groups is 1. The van der Waals surface area contributed by atoms with E-state index in [2.05, 4.69) is 9.97 Å². The summed E-state index contributed by atoms with van der Waals surface area (Å²) >= 11 is 0. The lowest BCUT2D eigenvalue weighted by atomic mass is 9.99. The summed E-state index contributed by atoms with van der Waals surface area (Å²) in [5.74, 6) is 0.940. The van der Waals surface area contributed by atoms with Crippen LogP contribution in [0, 0.1) is 18.8 Å². The van der Waals surface area contributed by atoms with Gasteiger partial charge < -0.3 is 14.7 Å². The summed E-state index contributed by atoms with van der Waals surface area (Å²) in [7, 11) is 0. The van der Waals surface area contributed by atoms with Crippen LogP contribution in [-0.4, -0.2) is 40.7 Å². The van der Waals surface area contributed by atoms with Gasteiger partial charge in [0, 0.05) is 19.2 Å². The monoisotopic (exact) mass is 265 g/mol. The quantitative estimate of drug-likeness (QED) is 0.885. The molecule has 0 spiro atoms. The van der Waals surface area contributed by atoms with Crippen molar-refractivity contribution >= 4 is 11.8 Å². The number of ether oxygens (including phenoxy) is 1. The minimum atomic E-state index is -0.745. The van der Waals surface area contributed by atoms with Crippen LogP contribution in [0.25, 0.3) is 0 Å². The van der Waals surface area contributed by atoms with Gasteiger partial charge >= 0.3 is 5.97 Å². The number of aryl methyl sites for hydroxylation is 1. The molecule has 0 bridgehead atoms. The van der Waals surface area contributed by atoms with Crippen LogP contribution in [0.5, 0.6) is 5.88 Å². The van der Waals surface area contributed by atoms with Crippen LogP contribution in [-0.2, 0) is 4.79 Å². The third-order valence-electron chi connectivity index (χ3n) is 3.35. The normalized spacial score (nSPS) is 22.6. The number of rotatable bonds is 4. The fourth-order valence-electron chi connectivity index (χ4n) is 2.38. The van der Waals surface area contributed by atoms with E-state index in [9.17, 15) is 4.79 Å². The second-order valence-corrected chi connectivity index (χ2v) is 4.87. The molecule has 6 nitrogen and oxygen atoms in total. The Hall–Kier alpha value is -1.85. The van der Waals surface area contributed by atoms with Crippen molar-refractivity contribution in [2.24, 2.45) is 11.8 Å². The zero-order chi connectivity index (χ0) is 14.0. The lowest BCUT2D eigenvalue weighted by Gasteiger charge is -2.18. The smallest absolute Gasteiger partial charge is 0.308 e. The SMILES string of the molecule is CCOc1cc(N2C[C@@H](C)[C@H](C(=O)O)C2)nc(C)n1. The summed E-state index contributed by atoms with van der Waals surface area (Å²) < 4.78 is 5.39. The Morgan fingerprint density at radius 2 is 2.26 bits per heavy atom. The first-order valence-corrected chi connectivity index (χ1v) is 6.47. The van der Waals surface area contributed by atoms with Gasteiger partial charge in [0.15, 0.2) is 0 Å². The highest BCUT2D eigenvalue weighted by Gasteiger charge is 2.35. The number of aliphatic carboxylic acids is 1. The van der Waals surface area contributed by atoms with Gasteiger partial charge in [0.25, 0.3) is 0 Å². The van der Waals surface area contributed by atoms with E-state index >= 15 is 0 Å². The van der Waals surface area contributed by atoms with Gasteiger partial charge in [-0.25, -0.2) is 4.98 Å². The topological polar surface area (TPSA) is 75.5 Å². The van der Waals surface area contributed by atoms with Gasteiger partial charge in [-0.1, -0.05) is 6.92 Å². The Bertz CT molecular complexity index is 478. The number of hydrogen-bond donors (Lipinski definition) is 1. The van der Waals surface area contributed by atoms with Crippen LogP contribution in [0.15, 0.2) is 6.07 Å². The van der Waals surface area contributed by atoms with Crippen LogP contribution in [0.4, 0.5) is 5.82 Å². The molecule has 2 heterocycles. The molecule has 1 saturated heterocycles. The average Bonchev–Trinajstić information content (AvgIpc) is 2.71. The lowest BCUT2D eigenvalue weighted by molar-refractivity contribution is -0.142. The van der Waals surface area contributed by atoms with E-state index in [0.29, 0.717) is 31.4 Å². The van der Waals surface area contributed by atoms with E-state index in [1.807, 2.05) is 18.7 Å². The summed E-state index contributed by atoms with van der Waals surface area (Å²) in [6.07, 6.45) is 0. The fraction of sp³-hybridized carbons (Fsp3) is 0.615. The first-order valence-electron chi connectivity index (χ1n) is 6.47. The van der Waals surface area contributed by atoms with E-state index in [0.717, 1.165) is 5.82 Å². The van der Waals surface area contributed by atoms with Gasteiger partial charge in [0.05, 0.1) is 12.5 Å². The summed E-state index contributed by atoms with van der Waals surface area (Å²) in [6, 6.07) is 1.77. The second kappa shape index (κ2) is 5.42. The number of aromatic nitrogens is 2. The molecule has 1 aliphatic heterocycles. The van der Waals surface area contributed by atoms with Gasteiger partial charge in [0.2, 0.25) is 5.88 Å². The molecule has 1 fully saturated rings. The van der Waals surface area contributed by atoms with Gasteiger partial charge in [-0.15, -0.1) is 0 Å². The standard InChI is InChI=1S/C13H19N3O3/c1-4-19-12-5-11(14-9(3)15-12)16-6-8(2)10(7-16)13(17)18/h5,8,10H,4,6-7H2,1-3H3,(H,17,18)/t8-,10-/m1/s1. The Kier molecular flexibility index (Phi) is 3.87. The number of carboxylic acid groups (broad SMARTS) is 1. The predicted octanol–water partition coefficient (Wildman–Crippen LogP) is 1.34. The highest BCUT2D eigenvalue weighted by atomic mass is 16.5. The maximum Gasteiger partial charge on any atom is 0.308 e. The molecular formula is C13H19N3O3. The number of anilines is 1. The Balaban J connectivity index is 2.21. The summed E-state index contributed by atoms with van der Waals surface area (Å²) in [5.41, 5.74) is 0. The fourth-order valence-corrected chi connectivity index (χ4v) is 2.38. The number of nitrogens with zero attached hydrogens (tertiary/aromatic N) is 3. The number of carboxylic acids is 1. The molecule has 0 amide bonds. The highest BCUT2D eigenvalue weighted by Crippen LogP contribution is 2.28. The Labute approximate surface area is 112 Å². The van der Waals surface area contributed by atoms with Gasteiger partial charge in [-0.2, -0.15) is 4.98 Å². The summed E-state index contributed by atoms with van der Waals surface area (Å²) in [4.78, 5) is 21.7. The van der Waals surface area contributed by atoms with Crippen LogP contribution < -0.4 is 9.64 Å². The third-order valence-corrected chi connectivity index (χ3v) is 3.35. The van der Waals surface area contributed by atoms with Crippen molar-refractivity contribution in [3.8, 4) is 5.88 Å². The molecule has 0 unspecified atom stereocenters. The zero-order valence-electron chi connectivity index (χ0n) is 11.5. The lowest BCUT2D eigenvalue weighted by Crippen LogP contribution is -2.24. The molecule has 19 heavy (non-hydrogen) atoms. The molecule has 1 aliphatic rings. The van der Waals surface area contributed by atoms with Crippen molar-refractivity contribution in [3.63, 3.8) is 0 Å². The van der Waals surface area contributed by atoms with Crippen LogP contribution in [0.1, 0.15) is 19.7 Å². The highest BCUT2D eigenvalue weighted by molar-refractivity contribution is 5.72. The maximum atomic E-state index is 11.1. The molecule has 0 radical (unpaired) electrons. The van der Waals surface area contributed by atoms with E-state index < -0.39 is 5.97 Å². The molecule has 2 atom stereocenters. The second-order valence-electron chi connectivity index (χ2n) is 4.87. The molecule has 0 aromatic carbocycles. The van der Waals surface area contributed by atoms with Crippen molar-refractivity contribution < 1.29 is 14.6 Å². The molecule has 6 heteroatoms. The number of hydrogen-bond acceptors (Lipinski definition) is 5. The molecule has 1 aromatic rings. The van der Waals surface area contributed by atoms with Crippen molar-refractivity contribution in [2.45, 2.75) is 20.8 Å². The first-order chi connectivity index (χ1) is 9.01. The Morgan fingerprint density at radius 1 is 1.53 bits per heavy atom. The van der Waals surface area contributed by atoms with Gasteiger partial charge in [-0.05, 0) is 19.8 Å². The molecule has 2 rings (SSSR count).